The maximum absolute atomic E-state index is 11.1. The molecule has 0 aromatic carbocycles. The van der Waals surface area contributed by atoms with Crippen LogP contribution >= 0.6 is 11.3 Å². The SMILES string of the molecule is CNc1ncnc(NC(C)Cc2cccs2)c1[N+](=O)[O-]. The third-order valence-electron chi connectivity index (χ3n) is 2.71. The van der Waals surface area contributed by atoms with Gasteiger partial charge in [-0.15, -0.1) is 11.3 Å². The molecule has 0 radical (unpaired) electrons. The monoisotopic (exact) mass is 293 g/mol. The van der Waals surface area contributed by atoms with Gasteiger partial charge in [0.15, 0.2) is 0 Å². The maximum Gasteiger partial charge on any atom is 0.353 e. The lowest BCUT2D eigenvalue weighted by Crippen LogP contribution is -2.19. The molecular weight excluding hydrogens is 278 g/mol. The van der Waals surface area contributed by atoms with Gasteiger partial charge < -0.3 is 10.6 Å². The Kier molecular flexibility index (Phi) is 4.46. The molecule has 0 fully saturated rings. The highest BCUT2D eigenvalue weighted by molar-refractivity contribution is 7.09. The van der Waals surface area contributed by atoms with E-state index in [9.17, 15) is 10.1 Å². The highest BCUT2D eigenvalue weighted by Gasteiger charge is 2.23. The van der Waals surface area contributed by atoms with E-state index in [0.29, 0.717) is 0 Å². The third kappa shape index (κ3) is 3.21. The van der Waals surface area contributed by atoms with Crippen LogP contribution in [0.4, 0.5) is 17.3 Å². The zero-order chi connectivity index (χ0) is 14.5. The standard InChI is InChI=1S/C12H15N5O2S/c1-8(6-9-4-3-5-20-9)16-12-10(17(18)19)11(13-2)14-7-15-12/h3-5,7-8H,6H2,1-2H3,(H2,13,14,15,16). The number of nitro groups is 1. The van der Waals surface area contributed by atoms with Crippen molar-refractivity contribution < 1.29 is 4.92 Å². The van der Waals surface area contributed by atoms with E-state index < -0.39 is 4.92 Å². The van der Waals surface area contributed by atoms with Gasteiger partial charge in [0.1, 0.15) is 6.33 Å². The molecule has 2 N–H and O–H groups in total. The molecule has 0 aliphatic heterocycles. The minimum absolute atomic E-state index is 0.0342. The lowest BCUT2D eigenvalue weighted by molar-refractivity contribution is -0.383. The Hall–Kier alpha value is -2.22. The molecule has 2 rings (SSSR count). The topological polar surface area (TPSA) is 93.0 Å². The number of hydrogen-bond acceptors (Lipinski definition) is 7. The summed E-state index contributed by atoms with van der Waals surface area (Å²) in [7, 11) is 1.59. The van der Waals surface area contributed by atoms with Crippen LogP contribution in [-0.4, -0.2) is 28.0 Å². The average Bonchev–Trinajstić information content (AvgIpc) is 2.90. The number of nitrogens with zero attached hydrogens (tertiary/aromatic N) is 3. The molecule has 7 nitrogen and oxygen atoms in total. The van der Waals surface area contributed by atoms with E-state index in [4.69, 9.17) is 0 Å². The van der Waals surface area contributed by atoms with Gasteiger partial charge in [0, 0.05) is 24.4 Å². The Morgan fingerprint density at radius 3 is 2.80 bits per heavy atom. The Labute approximate surface area is 120 Å². The Morgan fingerprint density at radius 1 is 1.45 bits per heavy atom. The predicted octanol–water partition coefficient (Wildman–Crippen LogP) is 2.53. The summed E-state index contributed by atoms with van der Waals surface area (Å²) >= 11 is 1.66. The van der Waals surface area contributed by atoms with Gasteiger partial charge in [-0.2, -0.15) is 0 Å². The lowest BCUT2D eigenvalue weighted by atomic mass is 10.2. The number of anilines is 2. The summed E-state index contributed by atoms with van der Waals surface area (Å²) in [6.07, 6.45) is 2.09. The van der Waals surface area contributed by atoms with Crippen molar-refractivity contribution in [2.75, 3.05) is 17.7 Å². The summed E-state index contributed by atoms with van der Waals surface area (Å²) in [6.45, 7) is 1.96. The molecule has 1 unspecified atom stereocenters. The van der Waals surface area contributed by atoms with Crippen LogP contribution in [0.2, 0.25) is 0 Å². The molecule has 20 heavy (non-hydrogen) atoms. The number of rotatable bonds is 6. The summed E-state index contributed by atoms with van der Waals surface area (Å²) in [5.74, 6) is 0.439. The van der Waals surface area contributed by atoms with Gasteiger partial charge in [0.05, 0.1) is 4.92 Å². The van der Waals surface area contributed by atoms with Gasteiger partial charge in [-0.05, 0) is 18.4 Å². The second kappa shape index (κ2) is 6.29. The molecule has 0 amide bonds. The molecule has 0 aliphatic rings. The van der Waals surface area contributed by atoms with Crippen molar-refractivity contribution in [2.24, 2.45) is 0 Å². The highest BCUT2D eigenvalue weighted by Crippen LogP contribution is 2.29. The molecule has 0 spiro atoms. The van der Waals surface area contributed by atoms with E-state index in [2.05, 4.69) is 20.6 Å². The van der Waals surface area contributed by atoms with Crippen molar-refractivity contribution in [1.82, 2.24) is 9.97 Å². The van der Waals surface area contributed by atoms with Crippen molar-refractivity contribution in [1.29, 1.82) is 0 Å². The first-order valence-electron chi connectivity index (χ1n) is 6.08. The van der Waals surface area contributed by atoms with Gasteiger partial charge >= 0.3 is 5.69 Å². The van der Waals surface area contributed by atoms with Crippen LogP contribution in [0.25, 0.3) is 0 Å². The van der Waals surface area contributed by atoms with Gasteiger partial charge in [0.25, 0.3) is 0 Å². The summed E-state index contributed by atoms with van der Waals surface area (Å²) in [6, 6.07) is 4.06. The van der Waals surface area contributed by atoms with Crippen LogP contribution in [-0.2, 0) is 6.42 Å². The smallest absolute Gasteiger partial charge is 0.353 e. The largest absolute Gasteiger partial charge is 0.367 e. The molecule has 8 heteroatoms. The summed E-state index contributed by atoms with van der Waals surface area (Å²) in [4.78, 5) is 19.7. The van der Waals surface area contributed by atoms with E-state index in [-0.39, 0.29) is 23.4 Å². The average molecular weight is 293 g/mol. The molecule has 0 aliphatic carbocycles. The van der Waals surface area contributed by atoms with Crippen molar-refractivity contribution in [2.45, 2.75) is 19.4 Å². The van der Waals surface area contributed by atoms with Crippen molar-refractivity contribution >= 4 is 28.7 Å². The van der Waals surface area contributed by atoms with Gasteiger partial charge in [0.2, 0.25) is 11.6 Å². The molecule has 2 aromatic heterocycles. The Bertz CT molecular complexity index is 588. The fourth-order valence-corrected chi connectivity index (χ4v) is 2.69. The van der Waals surface area contributed by atoms with Crippen LogP contribution < -0.4 is 10.6 Å². The Balaban J connectivity index is 2.18. The van der Waals surface area contributed by atoms with Crippen LogP contribution in [0.3, 0.4) is 0 Å². The maximum atomic E-state index is 11.1. The van der Waals surface area contributed by atoms with Crippen molar-refractivity contribution in [3.8, 4) is 0 Å². The van der Waals surface area contributed by atoms with E-state index in [1.807, 2.05) is 24.4 Å². The van der Waals surface area contributed by atoms with Crippen molar-refractivity contribution in [3.63, 3.8) is 0 Å². The predicted molar refractivity (Wildman–Crippen MR) is 79.3 cm³/mol. The summed E-state index contributed by atoms with van der Waals surface area (Å²) in [5.41, 5.74) is -0.131. The lowest BCUT2D eigenvalue weighted by Gasteiger charge is -2.14. The molecule has 0 saturated heterocycles. The second-order valence-electron chi connectivity index (χ2n) is 4.26. The van der Waals surface area contributed by atoms with Gasteiger partial charge in [-0.3, -0.25) is 10.1 Å². The normalized spacial score (nSPS) is 11.9. The van der Waals surface area contributed by atoms with Crippen LogP contribution in [0.1, 0.15) is 11.8 Å². The number of hydrogen-bond donors (Lipinski definition) is 2. The van der Waals surface area contributed by atoms with Crippen LogP contribution in [0.15, 0.2) is 23.8 Å². The first kappa shape index (κ1) is 14.2. The molecular formula is C12H15N5O2S. The fraction of sp³-hybridized carbons (Fsp3) is 0.333. The molecule has 0 saturated carbocycles. The number of thiophene rings is 1. The molecule has 0 bridgehead atoms. The fourth-order valence-electron chi connectivity index (χ4n) is 1.86. The number of nitrogens with one attached hydrogen (secondary N) is 2. The minimum atomic E-state index is -0.480. The highest BCUT2D eigenvalue weighted by atomic mass is 32.1. The van der Waals surface area contributed by atoms with Crippen molar-refractivity contribution in [3.05, 3.63) is 38.8 Å². The first-order valence-corrected chi connectivity index (χ1v) is 6.96. The van der Waals surface area contributed by atoms with E-state index in [1.165, 1.54) is 11.2 Å². The Morgan fingerprint density at radius 2 is 2.20 bits per heavy atom. The number of aromatic nitrogens is 2. The third-order valence-corrected chi connectivity index (χ3v) is 3.61. The van der Waals surface area contributed by atoms with Crippen LogP contribution in [0.5, 0.6) is 0 Å². The summed E-state index contributed by atoms with van der Waals surface area (Å²) < 4.78 is 0. The van der Waals surface area contributed by atoms with Crippen LogP contribution in [0, 0.1) is 10.1 Å². The minimum Gasteiger partial charge on any atom is -0.367 e. The van der Waals surface area contributed by atoms with Gasteiger partial charge in [-0.1, -0.05) is 6.07 Å². The zero-order valence-electron chi connectivity index (χ0n) is 11.2. The summed E-state index contributed by atoms with van der Waals surface area (Å²) in [5, 5.41) is 18.9. The quantitative estimate of drug-likeness (QED) is 0.628. The van der Waals surface area contributed by atoms with E-state index in [1.54, 1.807) is 18.4 Å². The molecule has 1 atom stereocenters. The van der Waals surface area contributed by atoms with E-state index >= 15 is 0 Å². The zero-order valence-corrected chi connectivity index (χ0v) is 12.0. The molecule has 2 heterocycles. The second-order valence-corrected chi connectivity index (χ2v) is 5.29. The van der Waals surface area contributed by atoms with E-state index in [0.717, 1.165) is 6.42 Å². The first-order chi connectivity index (χ1) is 9.61. The molecule has 106 valence electrons. The molecule has 2 aromatic rings. The van der Waals surface area contributed by atoms with Gasteiger partial charge in [-0.25, -0.2) is 9.97 Å².